The van der Waals surface area contributed by atoms with Crippen LogP contribution in [0.1, 0.15) is 12.5 Å². The Morgan fingerprint density at radius 1 is 1.26 bits per heavy atom. The zero-order valence-corrected chi connectivity index (χ0v) is 13.6. The van der Waals surface area contributed by atoms with Crippen molar-refractivity contribution in [3.63, 3.8) is 0 Å². The van der Waals surface area contributed by atoms with E-state index < -0.39 is 28.4 Å². The quantitative estimate of drug-likeness (QED) is 0.522. The van der Waals surface area contributed by atoms with Crippen molar-refractivity contribution < 1.29 is 27.9 Å². The molecule has 0 atom stereocenters. The van der Waals surface area contributed by atoms with E-state index in [0.717, 1.165) is 0 Å². The molecule has 8 nitrogen and oxygen atoms in total. The standard InChI is InChI=1S/C14H20N2O6S/c1-2-22-7-8-23(20,21)15-10-13(17)16-12-6-4-3-5-11(12)9-14(18)19/h3-6,15H,2,7-10H2,1H3,(H,16,17)(H,18,19). The lowest BCUT2D eigenvalue weighted by molar-refractivity contribution is -0.136. The smallest absolute Gasteiger partial charge is 0.307 e. The zero-order chi connectivity index (χ0) is 17.3. The van der Waals surface area contributed by atoms with E-state index >= 15 is 0 Å². The normalized spacial score (nSPS) is 11.2. The summed E-state index contributed by atoms with van der Waals surface area (Å²) in [7, 11) is -3.60. The largest absolute Gasteiger partial charge is 0.481 e. The number of nitrogens with one attached hydrogen (secondary N) is 2. The molecule has 23 heavy (non-hydrogen) atoms. The van der Waals surface area contributed by atoms with Crippen LogP contribution in [0.15, 0.2) is 24.3 Å². The summed E-state index contributed by atoms with van der Waals surface area (Å²) in [4.78, 5) is 22.6. The summed E-state index contributed by atoms with van der Waals surface area (Å²) in [6.07, 6.45) is -0.240. The van der Waals surface area contributed by atoms with Crippen LogP contribution >= 0.6 is 0 Å². The summed E-state index contributed by atoms with van der Waals surface area (Å²) in [6.45, 7) is 1.78. The molecule has 0 aliphatic heterocycles. The third-order valence-corrected chi connectivity index (χ3v) is 4.07. The lowest BCUT2D eigenvalue weighted by Crippen LogP contribution is -2.35. The molecule has 0 aliphatic carbocycles. The maximum atomic E-state index is 11.8. The summed E-state index contributed by atoms with van der Waals surface area (Å²) in [6, 6.07) is 6.44. The average Bonchev–Trinajstić information content (AvgIpc) is 2.47. The van der Waals surface area contributed by atoms with E-state index in [4.69, 9.17) is 9.84 Å². The van der Waals surface area contributed by atoms with Crippen molar-refractivity contribution in [1.29, 1.82) is 0 Å². The van der Waals surface area contributed by atoms with Crippen LogP contribution < -0.4 is 10.0 Å². The molecule has 128 valence electrons. The molecule has 0 aromatic heterocycles. The minimum Gasteiger partial charge on any atom is -0.481 e. The number of carbonyl (C=O) groups is 2. The third kappa shape index (κ3) is 7.73. The summed E-state index contributed by atoms with van der Waals surface area (Å²) in [5, 5.41) is 11.3. The van der Waals surface area contributed by atoms with E-state index in [1.165, 1.54) is 0 Å². The van der Waals surface area contributed by atoms with Gasteiger partial charge in [0.2, 0.25) is 15.9 Å². The van der Waals surface area contributed by atoms with Gasteiger partial charge in [-0.3, -0.25) is 9.59 Å². The van der Waals surface area contributed by atoms with Crippen LogP contribution in [-0.4, -0.2) is 50.9 Å². The fourth-order valence-electron chi connectivity index (χ4n) is 1.71. The first-order valence-electron chi connectivity index (χ1n) is 6.98. The Hall–Kier alpha value is -1.97. The second-order valence-electron chi connectivity index (χ2n) is 4.61. The summed E-state index contributed by atoms with van der Waals surface area (Å²) < 4.78 is 30.4. The fraction of sp³-hybridized carbons (Fsp3) is 0.429. The van der Waals surface area contributed by atoms with E-state index in [9.17, 15) is 18.0 Å². The van der Waals surface area contributed by atoms with Crippen molar-refractivity contribution in [3.8, 4) is 0 Å². The van der Waals surface area contributed by atoms with Crippen LogP contribution in [0.5, 0.6) is 0 Å². The van der Waals surface area contributed by atoms with Crippen LogP contribution in [0.2, 0.25) is 0 Å². The van der Waals surface area contributed by atoms with Crippen molar-refractivity contribution in [2.24, 2.45) is 0 Å². The van der Waals surface area contributed by atoms with Gasteiger partial charge in [-0.2, -0.15) is 0 Å². The fourth-order valence-corrected chi connectivity index (χ4v) is 2.55. The van der Waals surface area contributed by atoms with Crippen molar-refractivity contribution in [1.82, 2.24) is 4.72 Å². The highest BCUT2D eigenvalue weighted by Crippen LogP contribution is 2.15. The number of carboxylic acids is 1. The predicted molar refractivity (Wildman–Crippen MR) is 84.7 cm³/mol. The van der Waals surface area contributed by atoms with Gasteiger partial charge >= 0.3 is 5.97 Å². The highest BCUT2D eigenvalue weighted by atomic mass is 32.2. The Morgan fingerprint density at radius 3 is 2.61 bits per heavy atom. The maximum Gasteiger partial charge on any atom is 0.307 e. The van der Waals surface area contributed by atoms with Crippen molar-refractivity contribution in [3.05, 3.63) is 29.8 Å². The molecule has 9 heteroatoms. The number of aliphatic carboxylic acids is 1. The molecular weight excluding hydrogens is 324 g/mol. The number of anilines is 1. The second kappa shape index (κ2) is 9.23. The van der Waals surface area contributed by atoms with E-state index in [2.05, 4.69) is 10.0 Å². The first-order chi connectivity index (χ1) is 10.8. The molecule has 0 saturated carbocycles. The molecule has 0 radical (unpaired) electrons. The van der Waals surface area contributed by atoms with E-state index in [1.54, 1.807) is 31.2 Å². The molecule has 0 unspecified atom stereocenters. The molecule has 1 amide bonds. The predicted octanol–water partition coefficient (Wildman–Crippen LogP) is 0.208. The number of sulfonamides is 1. The minimum absolute atomic E-state index is 0.0505. The van der Waals surface area contributed by atoms with Crippen LogP contribution in [0.4, 0.5) is 5.69 Å². The average molecular weight is 344 g/mol. The molecule has 3 N–H and O–H groups in total. The number of hydrogen-bond acceptors (Lipinski definition) is 5. The Labute approximate surface area is 134 Å². The van der Waals surface area contributed by atoms with Gasteiger partial charge in [0.05, 0.1) is 25.3 Å². The Morgan fingerprint density at radius 2 is 1.96 bits per heavy atom. The Kier molecular flexibility index (Phi) is 7.66. The lowest BCUT2D eigenvalue weighted by atomic mass is 10.1. The van der Waals surface area contributed by atoms with Gasteiger partial charge in [0.15, 0.2) is 0 Å². The molecule has 0 heterocycles. The van der Waals surface area contributed by atoms with Crippen molar-refractivity contribution in [2.75, 3.05) is 30.8 Å². The summed E-state index contributed by atoms with van der Waals surface area (Å²) in [5.74, 6) is -1.84. The van der Waals surface area contributed by atoms with Gasteiger partial charge in [-0.25, -0.2) is 13.1 Å². The SMILES string of the molecule is CCOCCS(=O)(=O)NCC(=O)Nc1ccccc1CC(=O)O. The molecule has 0 fully saturated rings. The number of carbonyl (C=O) groups excluding carboxylic acids is 1. The highest BCUT2D eigenvalue weighted by molar-refractivity contribution is 7.89. The van der Waals surface area contributed by atoms with Crippen LogP contribution in [-0.2, 0) is 30.8 Å². The zero-order valence-electron chi connectivity index (χ0n) is 12.7. The highest BCUT2D eigenvalue weighted by Gasteiger charge is 2.14. The molecule has 0 bridgehead atoms. The molecule has 0 saturated heterocycles. The minimum atomic E-state index is -3.60. The molecule has 1 rings (SSSR count). The molecule has 1 aromatic rings. The van der Waals surface area contributed by atoms with Gasteiger partial charge in [0, 0.05) is 12.3 Å². The number of benzene rings is 1. The number of hydrogen-bond donors (Lipinski definition) is 3. The van der Waals surface area contributed by atoms with Crippen molar-refractivity contribution in [2.45, 2.75) is 13.3 Å². The summed E-state index contributed by atoms with van der Waals surface area (Å²) in [5.41, 5.74) is 0.779. The van der Waals surface area contributed by atoms with Crippen LogP contribution in [0.3, 0.4) is 0 Å². The topological polar surface area (TPSA) is 122 Å². The number of carboxylic acid groups (broad SMARTS) is 1. The third-order valence-electron chi connectivity index (χ3n) is 2.79. The van der Waals surface area contributed by atoms with Gasteiger partial charge in [0.25, 0.3) is 0 Å². The second-order valence-corrected chi connectivity index (χ2v) is 6.54. The van der Waals surface area contributed by atoms with Gasteiger partial charge in [-0.05, 0) is 18.6 Å². The van der Waals surface area contributed by atoms with Crippen LogP contribution in [0.25, 0.3) is 0 Å². The number of amides is 1. The lowest BCUT2D eigenvalue weighted by Gasteiger charge is -2.10. The summed E-state index contributed by atoms with van der Waals surface area (Å²) >= 11 is 0. The molecule has 1 aromatic carbocycles. The maximum absolute atomic E-state index is 11.8. The van der Waals surface area contributed by atoms with Crippen molar-refractivity contribution >= 4 is 27.6 Å². The number of rotatable bonds is 10. The Bertz CT molecular complexity index is 644. The molecule has 0 spiro atoms. The number of para-hydroxylation sites is 1. The van der Waals surface area contributed by atoms with E-state index in [0.29, 0.717) is 17.9 Å². The first kappa shape index (κ1) is 19.1. The first-order valence-corrected chi connectivity index (χ1v) is 8.64. The molecular formula is C14H20N2O6S. The van der Waals surface area contributed by atoms with Gasteiger partial charge in [-0.1, -0.05) is 18.2 Å². The molecule has 0 aliphatic rings. The number of ether oxygens (including phenoxy) is 1. The van der Waals surface area contributed by atoms with Crippen LogP contribution in [0, 0.1) is 0 Å². The van der Waals surface area contributed by atoms with Gasteiger partial charge in [-0.15, -0.1) is 0 Å². The van der Waals surface area contributed by atoms with E-state index in [-0.39, 0.29) is 18.8 Å². The van der Waals surface area contributed by atoms with E-state index in [1.807, 2.05) is 0 Å². The Balaban J connectivity index is 2.56. The monoisotopic (exact) mass is 344 g/mol. The van der Waals surface area contributed by atoms with Gasteiger partial charge in [0.1, 0.15) is 0 Å². The van der Waals surface area contributed by atoms with Gasteiger partial charge < -0.3 is 15.2 Å².